The third-order valence-corrected chi connectivity index (χ3v) is 21.3. The van der Waals surface area contributed by atoms with E-state index in [2.05, 4.69) is 109 Å². The summed E-state index contributed by atoms with van der Waals surface area (Å²) >= 11 is 34.2. The number of carbonyl (C=O) groups is 5. The Kier molecular flexibility index (Phi) is 50.3. The number of benzene rings is 2. The minimum absolute atomic E-state index is 0.0725. The number of nitrogens with zero attached hydrogens (tertiary/aromatic N) is 3. The average molecular weight is 1620 g/mol. The lowest BCUT2D eigenvalue weighted by molar-refractivity contribution is -0.139. The fourth-order valence-corrected chi connectivity index (χ4v) is 15.3. The van der Waals surface area contributed by atoms with Crippen LogP contribution in [0, 0.1) is 23.7 Å². The van der Waals surface area contributed by atoms with Crippen LogP contribution in [-0.4, -0.2) is 122 Å². The Labute approximate surface area is 656 Å². The third-order valence-electron chi connectivity index (χ3n) is 14.0. The summed E-state index contributed by atoms with van der Waals surface area (Å²) in [5, 5.41) is 30.7. The number of thiocarbonyl (C=S) groups is 2. The van der Waals surface area contributed by atoms with Crippen molar-refractivity contribution in [2.45, 2.75) is 175 Å². The highest BCUT2D eigenvalue weighted by atomic mass is 32.2. The highest BCUT2D eigenvalue weighted by molar-refractivity contribution is 8.01. The monoisotopic (exact) mass is 1620 g/mol. The number of aromatic amines is 3. The summed E-state index contributed by atoms with van der Waals surface area (Å²) in [6, 6.07) is 15.9. The SMILES string of the molecule is C=C(C)C(=O)OCCCCCCSc1n[nH]c(=S)s1.C=C(C)OCOCCCCCCC1C(=O)NC(=S)NC1=O.C=C(C)OCOCCCCCCCCCCCSc1n[nH]c(=S)s1.C=C(C)OCOCc1ccc(CSc2n[nH]c(=S)s2)cc1.C=Cc1ccc(CC2C(=O)NC(=S)NC2=O)cc1. The molecule has 7 N–H and O–H groups in total. The lowest BCUT2D eigenvalue weighted by Crippen LogP contribution is -2.56. The summed E-state index contributed by atoms with van der Waals surface area (Å²) in [7, 11) is 0. The molecular formula is C70H98N10O12S11. The van der Waals surface area contributed by atoms with Crippen molar-refractivity contribution >= 4 is 176 Å². The van der Waals surface area contributed by atoms with E-state index in [1.54, 1.807) is 61.7 Å². The number of allylic oxidation sites excluding steroid dienone is 3. The second-order valence-electron chi connectivity index (χ2n) is 23.1. The van der Waals surface area contributed by atoms with Crippen molar-refractivity contribution < 1.29 is 57.1 Å². The Morgan fingerprint density at radius 1 is 0.466 bits per heavy atom. The summed E-state index contributed by atoms with van der Waals surface area (Å²) in [4.78, 5) is 57.6. The molecule has 0 atom stereocenters. The van der Waals surface area contributed by atoms with E-state index in [9.17, 15) is 24.0 Å². The number of rotatable bonds is 46. The highest BCUT2D eigenvalue weighted by Gasteiger charge is 2.33. The molecule has 5 heterocycles. The molecule has 7 rings (SSSR count). The predicted molar refractivity (Wildman–Crippen MR) is 432 cm³/mol. The Hall–Kier alpha value is -5.66. The van der Waals surface area contributed by atoms with Crippen LogP contribution in [-0.2, 0) is 75.9 Å². The fraction of sp³-hybridized carbons (Fsp3) is 0.500. The summed E-state index contributed by atoms with van der Waals surface area (Å²) in [6.07, 6.45) is 22.2. The normalized spacial score (nSPS) is 12.6. The Bertz CT molecular complexity index is 3550. The van der Waals surface area contributed by atoms with Gasteiger partial charge in [-0.1, -0.05) is 234 Å². The number of ether oxygens (including phenoxy) is 7. The topological polar surface area (TPSA) is 284 Å². The molecular weight excluding hydrogens is 1530 g/mol. The van der Waals surface area contributed by atoms with Crippen LogP contribution in [0.3, 0.4) is 0 Å². The van der Waals surface area contributed by atoms with Crippen LogP contribution in [0.1, 0.15) is 166 Å². The lowest BCUT2D eigenvalue weighted by Gasteiger charge is -2.22. The van der Waals surface area contributed by atoms with E-state index in [4.69, 9.17) is 94.2 Å². The van der Waals surface area contributed by atoms with Crippen LogP contribution in [0.15, 0.2) is 117 Å². The van der Waals surface area contributed by atoms with Crippen LogP contribution >= 0.6 is 130 Å². The first-order valence-corrected chi connectivity index (χ1v) is 41.0. The molecule has 103 heavy (non-hydrogen) atoms. The number of hydrogen-bond acceptors (Lipinski definition) is 26. The van der Waals surface area contributed by atoms with Gasteiger partial charge in [-0.05, 0) is 156 Å². The molecule has 2 aliphatic heterocycles. The molecule has 566 valence electrons. The zero-order valence-corrected chi connectivity index (χ0v) is 68.1. The van der Waals surface area contributed by atoms with E-state index in [0.29, 0.717) is 66.3 Å². The van der Waals surface area contributed by atoms with Crippen LogP contribution in [0.2, 0.25) is 0 Å². The summed E-state index contributed by atoms with van der Waals surface area (Å²) < 4.78 is 41.6. The number of unbranched alkanes of at least 4 members (excludes halogenated alkanes) is 14. The molecule has 2 aliphatic rings. The molecule has 2 saturated heterocycles. The van der Waals surface area contributed by atoms with Crippen molar-refractivity contribution in [2.75, 3.05) is 51.7 Å². The molecule has 5 aromatic rings. The molecule has 4 amide bonds. The molecule has 22 nitrogen and oxygen atoms in total. The van der Waals surface area contributed by atoms with E-state index >= 15 is 0 Å². The first kappa shape index (κ1) is 91.5. The zero-order chi connectivity index (χ0) is 75.4. The number of esters is 1. The molecule has 3 aromatic heterocycles. The Balaban J connectivity index is 0.000000335. The van der Waals surface area contributed by atoms with E-state index in [1.165, 1.54) is 79.6 Å². The molecule has 2 fully saturated rings. The van der Waals surface area contributed by atoms with Crippen molar-refractivity contribution in [1.29, 1.82) is 0 Å². The van der Waals surface area contributed by atoms with Crippen LogP contribution in [0.25, 0.3) is 6.08 Å². The number of carbonyl (C=O) groups excluding carboxylic acids is 5. The smallest absolute Gasteiger partial charge is 0.333 e. The first-order valence-electron chi connectivity index (χ1n) is 33.6. The minimum Gasteiger partial charge on any atom is -0.473 e. The molecule has 0 aliphatic carbocycles. The van der Waals surface area contributed by atoms with Crippen LogP contribution in [0.5, 0.6) is 0 Å². The molecule has 0 unspecified atom stereocenters. The van der Waals surface area contributed by atoms with Crippen molar-refractivity contribution in [3.63, 3.8) is 0 Å². The van der Waals surface area contributed by atoms with E-state index in [0.717, 1.165) is 119 Å². The van der Waals surface area contributed by atoms with E-state index < -0.39 is 11.8 Å². The summed E-state index contributed by atoms with van der Waals surface area (Å²) in [5.74, 6) is 2.10. The predicted octanol–water partition coefficient (Wildman–Crippen LogP) is 17.4. The van der Waals surface area contributed by atoms with Gasteiger partial charge in [-0.15, -0.1) is 0 Å². The summed E-state index contributed by atoms with van der Waals surface area (Å²) in [5.41, 5.74) is 4.73. The number of H-pyrrole nitrogens is 3. The van der Waals surface area contributed by atoms with Crippen molar-refractivity contribution in [3.05, 3.63) is 138 Å². The van der Waals surface area contributed by atoms with Gasteiger partial charge in [0, 0.05) is 22.8 Å². The van der Waals surface area contributed by atoms with E-state index in [-0.39, 0.29) is 53.4 Å². The standard InChI is InChI=1S/C17H30N2O2S3.C14H22N2O4S.C14H16N2O2S3.C13H12N2O2S.C12H18N2O2S3/c1-15(2)21-14-20-12-10-8-6-4-3-5-7-9-11-13-23-17-19-18-16(22)24-17;1-10(2)20-9-19-8-6-4-3-5-7-11-12(17)15-14(21)16-13(11)18;1-10(2)18-9-17-7-11-3-5-12(6-4-11)8-20-14-16-15-13(19)21-14;1-2-8-3-5-9(6-4-8)7-10-11(16)14-13(18)15-12(10)17;1-9(2)10(15)16-7-5-3-4-6-8-18-12-14-13-11(17)19-12/h1,3-14H2,2H3,(H,18,22);11H,1,3-9H2,2H3,(H2,15,16,17,18,21);3-6H,1,7-9H2,2H3,(H,15,19);2-6,10H,1,7H2,(H2,14,15,16,17,18);1,3-8H2,2H3,(H,13,17). The average Bonchev–Trinajstić information content (AvgIpc) is 1.75. The second-order valence-corrected chi connectivity index (χ2v) is 32.8. The molecule has 33 heteroatoms. The van der Waals surface area contributed by atoms with Gasteiger partial charge in [-0.3, -0.25) is 34.5 Å². The van der Waals surface area contributed by atoms with Gasteiger partial charge in [0.15, 0.2) is 55.5 Å². The molecule has 0 bridgehead atoms. The minimum atomic E-state index is -0.730. The van der Waals surface area contributed by atoms with Gasteiger partial charge in [-0.25, -0.2) is 4.79 Å². The van der Waals surface area contributed by atoms with Gasteiger partial charge in [0.05, 0.1) is 43.7 Å². The second kappa shape index (κ2) is 56.6. The maximum Gasteiger partial charge on any atom is 0.333 e. The molecule has 0 saturated carbocycles. The molecule has 0 spiro atoms. The van der Waals surface area contributed by atoms with Crippen molar-refractivity contribution in [1.82, 2.24) is 51.9 Å². The molecule has 0 radical (unpaired) electrons. The maximum absolute atomic E-state index is 11.7. The van der Waals surface area contributed by atoms with Crippen LogP contribution < -0.4 is 21.3 Å². The van der Waals surface area contributed by atoms with Gasteiger partial charge >= 0.3 is 5.97 Å². The quantitative estimate of drug-likeness (QED) is 0.00279. The Morgan fingerprint density at radius 3 is 1.24 bits per heavy atom. The fourth-order valence-electron chi connectivity index (χ4n) is 8.60. The largest absolute Gasteiger partial charge is 0.473 e. The van der Waals surface area contributed by atoms with Crippen LogP contribution in [0.4, 0.5) is 0 Å². The number of hydrogen-bond donors (Lipinski definition) is 7. The van der Waals surface area contributed by atoms with E-state index in [1.807, 2.05) is 43.0 Å². The maximum atomic E-state index is 11.7. The molecule has 2 aromatic carbocycles. The number of nitrogens with one attached hydrogen (secondary N) is 7. The third kappa shape index (κ3) is 46.1. The van der Waals surface area contributed by atoms with Gasteiger partial charge in [-0.2, -0.15) is 15.3 Å². The Morgan fingerprint density at radius 2 is 0.835 bits per heavy atom. The number of amides is 4. The van der Waals surface area contributed by atoms with Gasteiger partial charge in [0.2, 0.25) is 23.6 Å². The van der Waals surface area contributed by atoms with Crippen molar-refractivity contribution in [2.24, 2.45) is 11.8 Å². The van der Waals surface area contributed by atoms with Gasteiger partial charge in [0.1, 0.15) is 11.8 Å². The summed E-state index contributed by atoms with van der Waals surface area (Å²) in [6.45, 7) is 28.4. The first-order chi connectivity index (χ1) is 49.5. The van der Waals surface area contributed by atoms with Crippen molar-refractivity contribution in [3.8, 4) is 0 Å². The number of thioether (sulfide) groups is 3. The van der Waals surface area contributed by atoms with Gasteiger partial charge < -0.3 is 54.4 Å². The highest BCUT2D eigenvalue weighted by Crippen LogP contribution is 2.26. The zero-order valence-electron chi connectivity index (χ0n) is 59.1. The van der Waals surface area contributed by atoms with Gasteiger partial charge in [0.25, 0.3) is 0 Å². The number of aromatic nitrogens is 6. The lowest BCUT2D eigenvalue weighted by atomic mass is 9.96.